The molecule has 0 spiro atoms. The van der Waals surface area contributed by atoms with E-state index in [1.54, 1.807) is 0 Å². The van der Waals surface area contributed by atoms with Crippen molar-refractivity contribution < 1.29 is 4.74 Å². The number of nitrogens with two attached hydrogens (primary N) is 1. The van der Waals surface area contributed by atoms with E-state index in [2.05, 4.69) is 26.1 Å². The summed E-state index contributed by atoms with van der Waals surface area (Å²) in [5, 5.41) is 3.38. The first-order valence-electron chi connectivity index (χ1n) is 5.68. The molecule has 1 aromatic carbocycles. The summed E-state index contributed by atoms with van der Waals surface area (Å²) in [6, 6.07) is 5.80. The smallest absolute Gasteiger partial charge is 0.144 e. The zero-order chi connectivity index (χ0) is 12.2. The molecule has 0 heterocycles. The van der Waals surface area contributed by atoms with Gasteiger partial charge in [-0.25, -0.2) is 0 Å². The molecule has 3 N–H and O–H groups in total. The minimum Gasteiger partial charge on any atom is -0.492 e. The van der Waals surface area contributed by atoms with E-state index < -0.39 is 0 Å². The molecule has 16 heavy (non-hydrogen) atoms. The van der Waals surface area contributed by atoms with Gasteiger partial charge in [0, 0.05) is 18.3 Å². The summed E-state index contributed by atoms with van der Waals surface area (Å²) in [6.45, 7) is 10.1. The van der Waals surface area contributed by atoms with Crippen LogP contribution in [0.3, 0.4) is 0 Å². The van der Waals surface area contributed by atoms with E-state index >= 15 is 0 Å². The lowest BCUT2D eigenvalue weighted by atomic mass is 9.97. The Bertz CT molecular complexity index is 342. The van der Waals surface area contributed by atoms with Crippen molar-refractivity contribution in [1.82, 2.24) is 0 Å². The molecule has 1 aromatic rings. The number of hydrogen-bond donors (Lipinski definition) is 2. The Hall–Kier alpha value is -1.38. The van der Waals surface area contributed by atoms with Gasteiger partial charge in [-0.3, -0.25) is 0 Å². The molecule has 90 valence electrons. The van der Waals surface area contributed by atoms with Crippen LogP contribution in [0.1, 0.15) is 27.7 Å². The Labute approximate surface area is 98.0 Å². The highest BCUT2D eigenvalue weighted by Crippen LogP contribution is 2.26. The Balaban J connectivity index is 2.71. The largest absolute Gasteiger partial charge is 0.492 e. The summed E-state index contributed by atoms with van der Waals surface area (Å²) in [5.74, 6) is 0.751. The summed E-state index contributed by atoms with van der Waals surface area (Å²) < 4.78 is 5.44. The minimum atomic E-state index is 0.257. The molecule has 0 atom stereocenters. The van der Waals surface area contributed by atoms with Gasteiger partial charge in [0.1, 0.15) is 5.75 Å². The highest BCUT2D eigenvalue weighted by atomic mass is 16.5. The van der Waals surface area contributed by atoms with Crippen molar-refractivity contribution in [2.24, 2.45) is 5.41 Å². The molecule has 1 rings (SSSR count). The maximum absolute atomic E-state index is 5.80. The molecule has 0 saturated heterocycles. The zero-order valence-electron chi connectivity index (χ0n) is 10.6. The van der Waals surface area contributed by atoms with Crippen LogP contribution in [0, 0.1) is 5.41 Å². The Morgan fingerprint density at radius 1 is 1.31 bits per heavy atom. The number of benzene rings is 1. The third kappa shape index (κ3) is 4.01. The fourth-order valence-corrected chi connectivity index (χ4v) is 1.29. The van der Waals surface area contributed by atoms with Gasteiger partial charge in [-0.05, 0) is 24.5 Å². The fourth-order valence-electron chi connectivity index (χ4n) is 1.29. The summed E-state index contributed by atoms with van der Waals surface area (Å²) in [7, 11) is 0. The summed E-state index contributed by atoms with van der Waals surface area (Å²) in [5.41, 5.74) is 7.79. The van der Waals surface area contributed by atoms with Gasteiger partial charge in [0.05, 0.1) is 12.3 Å². The monoisotopic (exact) mass is 222 g/mol. The number of nitrogens with one attached hydrogen (secondary N) is 1. The predicted octanol–water partition coefficient (Wildman–Crippen LogP) is 3.13. The maximum Gasteiger partial charge on any atom is 0.144 e. The summed E-state index contributed by atoms with van der Waals surface area (Å²) >= 11 is 0. The molecule has 0 bridgehead atoms. The average molecular weight is 222 g/mol. The lowest BCUT2D eigenvalue weighted by Crippen LogP contribution is -2.19. The molecule has 0 aliphatic carbocycles. The SMILES string of the molecule is CCOc1cc(NCC(C)(C)C)ccc1N. The third-order valence-electron chi connectivity index (χ3n) is 2.14. The quantitative estimate of drug-likeness (QED) is 0.769. The van der Waals surface area contributed by atoms with Crippen LogP contribution in [-0.2, 0) is 0 Å². The lowest BCUT2D eigenvalue weighted by Gasteiger charge is -2.20. The van der Waals surface area contributed by atoms with Gasteiger partial charge in [0.15, 0.2) is 0 Å². The number of ether oxygens (including phenoxy) is 1. The second-order valence-electron chi connectivity index (χ2n) is 5.10. The molecule has 0 aliphatic rings. The van der Waals surface area contributed by atoms with Crippen molar-refractivity contribution in [1.29, 1.82) is 0 Å². The van der Waals surface area contributed by atoms with E-state index in [1.165, 1.54) is 0 Å². The van der Waals surface area contributed by atoms with E-state index in [4.69, 9.17) is 10.5 Å². The molecular formula is C13H22N2O. The van der Waals surface area contributed by atoms with Gasteiger partial charge < -0.3 is 15.8 Å². The zero-order valence-corrected chi connectivity index (χ0v) is 10.6. The van der Waals surface area contributed by atoms with Crippen molar-refractivity contribution in [3.63, 3.8) is 0 Å². The van der Waals surface area contributed by atoms with Crippen molar-refractivity contribution >= 4 is 11.4 Å². The van der Waals surface area contributed by atoms with Crippen molar-refractivity contribution in [3.8, 4) is 5.75 Å². The molecule has 0 aliphatic heterocycles. The molecule has 3 heteroatoms. The Kier molecular flexibility index (Phi) is 4.05. The van der Waals surface area contributed by atoms with E-state index in [9.17, 15) is 0 Å². The molecule has 0 unspecified atom stereocenters. The van der Waals surface area contributed by atoms with Gasteiger partial charge in [-0.15, -0.1) is 0 Å². The Morgan fingerprint density at radius 2 is 2.00 bits per heavy atom. The maximum atomic E-state index is 5.80. The standard InChI is InChI=1S/C13H22N2O/c1-5-16-12-8-10(6-7-11(12)14)15-9-13(2,3)4/h6-8,15H,5,9,14H2,1-4H3. The van der Waals surface area contributed by atoms with Crippen LogP contribution in [0.15, 0.2) is 18.2 Å². The van der Waals surface area contributed by atoms with E-state index in [1.807, 2.05) is 25.1 Å². The lowest BCUT2D eigenvalue weighted by molar-refractivity contribution is 0.342. The Morgan fingerprint density at radius 3 is 2.56 bits per heavy atom. The number of rotatable bonds is 4. The molecule has 0 fully saturated rings. The molecular weight excluding hydrogens is 200 g/mol. The fraction of sp³-hybridized carbons (Fsp3) is 0.538. The van der Waals surface area contributed by atoms with Crippen LogP contribution in [0.2, 0.25) is 0 Å². The summed E-state index contributed by atoms with van der Waals surface area (Å²) in [4.78, 5) is 0. The van der Waals surface area contributed by atoms with E-state index in [0.29, 0.717) is 12.3 Å². The highest BCUT2D eigenvalue weighted by molar-refractivity contribution is 5.61. The first kappa shape index (κ1) is 12.7. The molecule has 3 nitrogen and oxygen atoms in total. The minimum absolute atomic E-state index is 0.257. The van der Waals surface area contributed by atoms with Crippen molar-refractivity contribution in [2.45, 2.75) is 27.7 Å². The number of nitrogen functional groups attached to an aromatic ring is 1. The van der Waals surface area contributed by atoms with Crippen LogP contribution in [0.25, 0.3) is 0 Å². The topological polar surface area (TPSA) is 47.3 Å². The van der Waals surface area contributed by atoms with Gasteiger partial charge in [0.2, 0.25) is 0 Å². The number of anilines is 2. The van der Waals surface area contributed by atoms with Gasteiger partial charge in [0.25, 0.3) is 0 Å². The van der Waals surface area contributed by atoms with Crippen molar-refractivity contribution in [3.05, 3.63) is 18.2 Å². The van der Waals surface area contributed by atoms with E-state index in [0.717, 1.165) is 18.0 Å². The van der Waals surface area contributed by atoms with Crippen LogP contribution in [-0.4, -0.2) is 13.2 Å². The summed E-state index contributed by atoms with van der Waals surface area (Å²) in [6.07, 6.45) is 0. The normalized spacial score (nSPS) is 11.2. The second kappa shape index (κ2) is 5.10. The first-order chi connectivity index (χ1) is 7.42. The van der Waals surface area contributed by atoms with E-state index in [-0.39, 0.29) is 5.41 Å². The first-order valence-corrected chi connectivity index (χ1v) is 5.68. The molecule has 0 amide bonds. The highest BCUT2D eigenvalue weighted by Gasteiger charge is 2.10. The van der Waals surface area contributed by atoms with Gasteiger partial charge in [-0.2, -0.15) is 0 Å². The van der Waals surface area contributed by atoms with Crippen molar-refractivity contribution in [2.75, 3.05) is 24.2 Å². The van der Waals surface area contributed by atoms with Crippen LogP contribution < -0.4 is 15.8 Å². The molecule has 0 aromatic heterocycles. The molecule has 0 radical (unpaired) electrons. The third-order valence-corrected chi connectivity index (χ3v) is 2.14. The second-order valence-corrected chi connectivity index (χ2v) is 5.10. The van der Waals surface area contributed by atoms with Crippen LogP contribution in [0.4, 0.5) is 11.4 Å². The van der Waals surface area contributed by atoms with Gasteiger partial charge >= 0.3 is 0 Å². The molecule has 0 saturated carbocycles. The van der Waals surface area contributed by atoms with Crippen LogP contribution in [0.5, 0.6) is 5.75 Å². The average Bonchev–Trinajstić information content (AvgIpc) is 2.18. The van der Waals surface area contributed by atoms with Gasteiger partial charge in [-0.1, -0.05) is 20.8 Å². The van der Waals surface area contributed by atoms with Crippen LogP contribution >= 0.6 is 0 Å². The predicted molar refractivity (Wildman–Crippen MR) is 70.0 cm³/mol. The number of hydrogen-bond acceptors (Lipinski definition) is 3.